The van der Waals surface area contributed by atoms with Gasteiger partial charge in [0.05, 0.1) is 4.90 Å². The van der Waals surface area contributed by atoms with Crippen LogP contribution in [0.2, 0.25) is 0 Å². The van der Waals surface area contributed by atoms with Crippen molar-refractivity contribution in [3.63, 3.8) is 0 Å². The van der Waals surface area contributed by atoms with Gasteiger partial charge in [-0.15, -0.1) is 0 Å². The highest BCUT2D eigenvalue weighted by Crippen LogP contribution is 2.25. The second kappa shape index (κ2) is 8.78. The van der Waals surface area contributed by atoms with E-state index in [2.05, 4.69) is 19.8 Å². The highest BCUT2D eigenvalue weighted by atomic mass is 32.2. The van der Waals surface area contributed by atoms with Gasteiger partial charge in [0, 0.05) is 11.3 Å². The Morgan fingerprint density at radius 1 is 1.17 bits per heavy atom. The number of hydrogen-bond donors (Lipinski definition) is 2. The minimum Gasteiger partial charge on any atom is -0.435 e. The van der Waals surface area contributed by atoms with E-state index in [0.717, 1.165) is 0 Å². The first-order valence-corrected chi connectivity index (χ1v) is 10.8. The number of nitrogens with one attached hydrogen (secondary N) is 2. The second-order valence-electron chi connectivity index (χ2n) is 6.80. The SMILES string of the molecule is CCC(C)C(N=C1NS(=O)(=O)c2ccccc21)C(=O)Nc1ccc(OC(F)F)cc1. The molecule has 0 aromatic heterocycles. The highest BCUT2D eigenvalue weighted by molar-refractivity contribution is 7.90. The molecular weight excluding hydrogens is 416 g/mol. The predicted octanol–water partition coefficient (Wildman–Crippen LogP) is 3.38. The van der Waals surface area contributed by atoms with Crippen LogP contribution in [0.1, 0.15) is 25.8 Å². The van der Waals surface area contributed by atoms with Crippen LogP contribution in [0.25, 0.3) is 0 Å². The van der Waals surface area contributed by atoms with Gasteiger partial charge in [0.15, 0.2) is 0 Å². The summed E-state index contributed by atoms with van der Waals surface area (Å²) in [5.74, 6) is -0.537. The lowest BCUT2D eigenvalue weighted by Gasteiger charge is -2.19. The number of carbonyl (C=O) groups is 1. The number of nitrogens with zero attached hydrogens (tertiary/aromatic N) is 1. The zero-order chi connectivity index (χ0) is 21.9. The third kappa shape index (κ3) is 4.76. The molecule has 160 valence electrons. The van der Waals surface area contributed by atoms with E-state index in [1.807, 2.05) is 13.8 Å². The molecule has 2 N–H and O–H groups in total. The summed E-state index contributed by atoms with van der Waals surface area (Å²) < 4.78 is 55.8. The Kier molecular flexibility index (Phi) is 6.35. The third-order valence-corrected chi connectivity index (χ3v) is 6.13. The first-order chi connectivity index (χ1) is 14.2. The number of rotatable bonds is 7. The molecule has 1 amide bonds. The quantitative estimate of drug-likeness (QED) is 0.694. The molecule has 7 nitrogen and oxygen atoms in total. The number of hydrogen-bond acceptors (Lipinski definition) is 5. The normalized spacial score (nSPS) is 17.8. The van der Waals surface area contributed by atoms with Crippen LogP contribution in [0.15, 0.2) is 58.4 Å². The van der Waals surface area contributed by atoms with E-state index in [4.69, 9.17) is 0 Å². The molecular formula is C20H21F2N3O4S. The largest absolute Gasteiger partial charge is 0.435 e. The smallest absolute Gasteiger partial charge is 0.387 e. The maximum Gasteiger partial charge on any atom is 0.387 e. The van der Waals surface area contributed by atoms with Gasteiger partial charge < -0.3 is 10.1 Å². The molecule has 2 aromatic rings. The second-order valence-corrected chi connectivity index (χ2v) is 8.45. The topological polar surface area (TPSA) is 96.9 Å². The van der Waals surface area contributed by atoms with Gasteiger partial charge in [-0.25, -0.2) is 8.42 Å². The van der Waals surface area contributed by atoms with E-state index < -0.39 is 28.6 Å². The molecule has 1 heterocycles. The molecule has 2 atom stereocenters. The molecule has 0 radical (unpaired) electrons. The maximum absolute atomic E-state index is 12.9. The van der Waals surface area contributed by atoms with Crippen molar-refractivity contribution in [3.05, 3.63) is 54.1 Å². The average Bonchev–Trinajstić information content (AvgIpc) is 2.97. The highest BCUT2D eigenvalue weighted by Gasteiger charge is 2.33. The molecule has 10 heteroatoms. The minimum atomic E-state index is -3.72. The number of aliphatic imine (C=N–C) groups is 1. The van der Waals surface area contributed by atoms with E-state index in [1.54, 1.807) is 18.2 Å². The molecule has 30 heavy (non-hydrogen) atoms. The number of amidine groups is 1. The minimum absolute atomic E-state index is 0.0290. The molecule has 0 spiro atoms. The molecule has 0 saturated heterocycles. The van der Waals surface area contributed by atoms with Crippen LogP contribution in [-0.2, 0) is 14.8 Å². The van der Waals surface area contributed by atoms with Crippen LogP contribution in [0.3, 0.4) is 0 Å². The van der Waals surface area contributed by atoms with Gasteiger partial charge >= 0.3 is 6.61 Å². The molecule has 0 aliphatic carbocycles. The van der Waals surface area contributed by atoms with Gasteiger partial charge in [0.2, 0.25) is 5.91 Å². The lowest BCUT2D eigenvalue weighted by molar-refractivity contribution is -0.118. The summed E-state index contributed by atoms with van der Waals surface area (Å²) in [5.41, 5.74) is 0.787. The van der Waals surface area contributed by atoms with E-state index in [9.17, 15) is 22.0 Å². The Bertz CT molecular complexity index is 1060. The molecule has 3 rings (SSSR count). The molecule has 2 unspecified atom stereocenters. The fraction of sp³-hybridized carbons (Fsp3) is 0.300. The predicted molar refractivity (Wildman–Crippen MR) is 108 cm³/mol. The lowest BCUT2D eigenvalue weighted by Crippen LogP contribution is -2.34. The Morgan fingerprint density at radius 3 is 2.47 bits per heavy atom. The summed E-state index contributed by atoms with van der Waals surface area (Å²) in [6, 6.07) is 11.0. The van der Waals surface area contributed by atoms with Gasteiger partial charge in [-0.2, -0.15) is 8.78 Å². The van der Waals surface area contributed by atoms with Crippen LogP contribution >= 0.6 is 0 Å². The van der Waals surface area contributed by atoms with Crippen molar-refractivity contribution < 1.29 is 26.7 Å². The number of ether oxygens (including phenoxy) is 1. The van der Waals surface area contributed by atoms with Gasteiger partial charge in [-0.3, -0.25) is 14.5 Å². The number of carbonyl (C=O) groups excluding carboxylic acids is 1. The number of sulfonamides is 1. The van der Waals surface area contributed by atoms with Crippen molar-refractivity contribution in [1.82, 2.24) is 4.72 Å². The average molecular weight is 437 g/mol. The summed E-state index contributed by atoms with van der Waals surface area (Å²) >= 11 is 0. The molecule has 0 bridgehead atoms. The van der Waals surface area contributed by atoms with E-state index in [1.165, 1.54) is 30.3 Å². The first-order valence-electron chi connectivity index (χ1n) is 9.27. The van der Waals surface area contributed by atoms with Crippen LogP contribution in [0.4, 0.5) is 14.5 Å². The van der Waals surface area contributed by atoms with Crippen molar-refractivity contribution in [2.24, 2.45) is 10.9 Å². The van der Waals surface area contributed by atoms with Crippen LogP contribution < -0.4 is 14.8 Å². The van der Waals surface area contributed by atoms with Gasteiger partial charge in [-0.05, 0) is 42.3 Å². The van der Waals surface area contributed by atoms with Crippen molar-refractivity contribution in [3.8, 4) is 5.75 Å². The fourth-order valence-electron chi connectivity index (χ4n) is 2.97. The van der Waals surface area contributed by atoms with E-state index in [-0.39, 0.29) is 22.4 Å². The monoisotopic (exact) mass is 437 g/mol. The van der Waals surface area contributed by atoms with Gasteiger partial charge in [0.1, 0.15) is 17.6 Å². The number of benzene rings is 2. The summed E-state index contributed by atoms with van der Waals surface area (Å²) in [7, 11) is -3.72. The number of halogens is 2. The summed E-state index contributed by atoms with van der Waals surface area (Å²) in [5, 5.41) is 2.69. The standard InChI is InChI=1S/C20H21F2N3O4S/c1-3-12(2)17(19(26)23-13-8-10-14(11-9-13)29-20(21)22)24-18-15-6-4-5-7-16(15)30(27,28)25-18/h4-12,17,20H,3H2,1-2H3,(H,23,26)(H,24,25). The maximum atomic E-state index is 12.9. The number of amides is 1. The van der Waals surface area contributed by atoms with Gasteiger partial charge in [0.25, 0.3) is 10.0 Å². The van der Waals surface area contributed by atoms with Crippen molar-refractivity contribution in [2.45, 2.75) is 37.8 Å². The van der Waals surface area contributed by atoms with Crippen molar-refractivity contribution in [1.29, 1.82) is 0 Å². The summed E-state index contributed by atoms with van der Waals surface area (Å²) in [4.78, 5) is 17.4. The lowest BCUT2D eigenvalue weighted by atomic mass is 9.98. The van der Waals surface area contributed by atoms with Crippen LogP contribution in [0.5, 0.6) is 5.75 Å². The zero-order valence-corrected chi connectivity index (χ0v) is 17.1. The summed E-state index contributed by atoms with van der Waals surface area (Å²) in [6.45, 7) is 0.798. The fourth-order valence-corrected chi connectivity index (χ4v) is 4.21. The van der Waals surface area contributed by atoms with Crippen LogP contribution in [0, 0.1) is 5.92 Å². The number of anilines is 1. The molecule has 0 fully saturated rings. The molecule has 1 aliphatic rings. The Hall–Kier alpha value is -3.01. The third-order valence-electron chi connectivity index (χ3n) is 4.73. The van der Waals surface area contributed by atoms with Crippen LogP contribution in [-0.4, -0.2) is 32.8 Å². The summed E-state index contributed by atoms with van der Waals surface area (Å²) in [6.07, 6.45) is 0.629. The Balaban J connectivity index is 1.85. The Labute approximate surface area is 173 Å². The number of fused-ring (bicyclic) bond motifs is 1. The van der Waals surface area contributed by atoms with Crippen molar-refractivity contribution >= 4 is 27.5 Å². The number of alkyl halides is 2. The zero-order valence-electron chi connectivity index (χ0n) is 16.3. The molecule has 0 saturated carbocycles. The first kappa shape index (κ1) is 21.7. The molecule has 2 aromatic carbocycles. The van der Waals surface area contributed by atoms with Gasteiger partial charge in [-0.1, -0.05) is 32.4 Å². The van der Waals surface area contributed by atoms with Crippen molar-refractivity contribution in [2.75, 3.05) is 5.32 Å². The van der Waals surface area contributed by atoms with E-state index in [0.29, 0.717) is 17.7 Å². The molecule has 1 aliphatic heterocycles. The van der Waals surface area contributed by atoms with E-state index >= 15 is 0 Å². The Morgan fingerprint density at radius 2 is 1.83 bits per heavy atom.